The van der Waals surface area contributed by atoms with Crippen molar-refractivity contribution in [2.75, 3.05) is 39.4 Å². The minimum Gasteiger partial charge on any atom is -0.379 e. The average Bonchev–Trinajstić information content (AvgIpc) is 3.53. The zero-order valence-corrected chi connectivity index (χ0v) is 20.6. The minimum atomic E-state index is -0.415. The van der Waals surface area contributed by atoms with Crippen molar-refractivity contribution < 1.29 is 14.5 Å². The van der Waals surface area contributed by atoms with Crippen molar-refractivity contribution in [2.24, 2.45) is 0 Å². The number of rotatable bonds is 9. The summed E-state index contributed by atoms with van der Waals surface area (Å²) in [5.41, 5.74) is 4.83. The number of aromatic amines is 1. The Morgan fingerprint density at radius 2 is 1.97 bits per heavy atom. The van der Waals surface area contributed by atoms with E-state index in [0.29, 0.717) is 18.7 Å². The summed E-state index contributed by atoms with van der Waals surface area (Å²) >= 11 is 0. The number of aryl methyl sites for hydroxylation is 1. The maximum absolute atomic E-state index is 12.6. The molecule has 0 unspecified atom stereocenters. The second-order valence-corrected chi connectivity index (χ2v) is 8.95. The Morgan fingerprint density at radius 1 is 1.19 bits per heavy atom. The zero-order valence-electron chi connectivity index (χ0n) is 20.6. The highest BCUT2D eigenvalue weighted by Gasteiger charge is 2.18. The van der Waals surface area contributed by atoms with Crippen LogP contribution in [0, 0.1) is 10.1 Å². The number of hydrogen-bond acceptors (Lipinski definition) is 7. The van der Waals surface area contributed by atoms with E-state index in [0.717, 1.165) is 66.3 Å². The Labute approximate surface area is 213 Å². The first-order valence-corrected chi connectivity index (χ1v) is 12.4. The molecule has 1 aliphatic rings. The molecule has 1 aliphatic heterocycles. The Bertz CT molecular complexity index is 1400. The van der Waals surface area contributed by atoms with Crippen molar-refractivity contribution in [1.29, 1.82) is 0 Å². The van der Waals surface area contributed by atoms with Crippen molar-refractivity contribution in [3.63, 3.8) is 0 Å². The predicted molar refractivity (Wildman–Crippen MR) is 139 cm³/mol. The third kappa shape index (κ3) is 5.52. The lowest BCUT2D eigenvalue weighted by Gasteiger charge is -2.26. The van der Waals surface area contributed by atoms with Crippen molar-refractivity contribution >= 4 is 22.6 Å². The van der Waals surface area contributed by atoms with E-state index in [1.165, 1.54) is 12.1 Å². The standard InChI is InChI=1S/C26H29N7O4/c1-2-32-17-23(25(30-32)18-3-5-20(6-4-18)33(35)36)21-7-8-28-26-22(21)15-19(29-26)16-24(34)27-9-10-31-11-13-37-14-12-31/h3-8,15,17H,2,9-14,16H2,1H3,(H,27,34)(H,28,29). The highest BCUT2D eigenvalue weighted by Crippen LogP contribution is 2.35. The van der Waals surface area contributed by atoms with Crippen LogP contribution in [0.15, 0.2) is 48.8 Å². The SMILES string of the molecule is CCn1cc(-c2ccnc3[nH]c(CC(=O)NCCN4CCOCC4)cc23)c(-c2ccc([N+](=O)[O-])cc2)n1. The maximum Gasteiger partial charge on any atom is 0.269 e. The number of carbonyl (C=O) groups is 1. The van der Waals surface area contributed by atoms with Crippen molar-refractivity contribution in [1.82, 2.24) is 30.0 Å². The number of fused-ring (bicyclic) bond motifs is 1. The lowest BCUT2D eigenvalue weighted by molar-refractivity contribution is -0.384. The lowest BCUT2D eigenvalue weighted by Crippen LogP contribution is -2.41. The van der Waals surface area contributed by atoms with Crippen LogP contribution in [0.2, 0.25) is 0 Å². The number of amides is 1. The van der Waals surface area contributed by atoms with Crippen LogP contribution in [0.5, 0.6) is 0 Å². The number of aromatic nitrogens is 4. The Kier molecular flexibility index (Phi) is 7.24. The largest absolute Gasteiger partial charge is 0.379 e. The fourth-order valence-corrected chi connectivity index (χ4v) is 4.56. The van der Waals surface area contributed by atoms with Gasteiger partial charge in [-0.3, -0.25) is 24.5 Å². The van der Waals surface area contributed by atoms with Crippen LogP contribution in [0.1, 0.15) is 12.6 Å². The molecule has 0 atom stereocenters. The van der Waals surface area contributed by atoms with Crippen LogP contribution in [0.4, 0.5) is 5.69 Å². The van der Waals surface area contributed by atoms with Crippen LogP contribution in [-0.4, -0.2) is 74.9 Å². The summed E-state index contributed by atoms with van der Waals surface area (Å²) in [6, 6.07) is 10.3. The van der Waals surface area contributed by atoms with Gasteiger partial charge in [0.25, 0.3) is 5.69 Å². The molecule has 0 radical (unpaired) electrons. The smallest absolute Gasteiger partial charge is 0.269 e. The number of nitrogens with zero attached hydrogens (tertiary/aromatic N) is 5. The normalized spacial score (nSPS) is 14.2. The van der Waals surface area contributed by atoms with Gasteiger partial charge in [-0.1, -0.05) is 0 Å². The first-order valence-electron chi connectivity index (χ1n) is 12.4. The van der Waals surface area contributed by atoms with Gasteiger partial charge in [-0.25, -0.2) is 4.98 Å². The molecule has 1 amide bonds. The molecule has 11 heteroatoms. The quantitative estimate of drug-likeness (QED) is 0.265. The Balaban J connectivity index is 1.37. The van der Waals surface area contributed by atoms with Crippen LogP contribution < -0.4 is 5.32 Å². The Hall–Kier alpha value is -4.09. The first-order chi connectivity index (χ1) is 18.0. The molecule has 1 fully saturated rings. The molecule has 4 aromatic rings. The van der Waals surface area contributed by atoms with Gasteiger partial charge in [0.05, 0.1) is 24.6 Å². The summed E-state index contributed by atoms with van der Waals surface area (Å²) in [5, 5.41) is 19.7. The average molecular weight is 504 g/mol. The van der Waals surface area contributed by atoms with Crippen LogP contribution in [-0.2, 0) is 22.5 Å². The Morgan fingerprint density at radius 3 is 2.70 bits per heavy atom. The van der Waals surface area contributed by atoms with Gasteiger partial charge in [0.2, 0.25) is 5.91 Å². The fraction of sp³-hybridized carbons (Fsp3) is 0.346. The molecule has 4 heterocycles. The molecular formula is C26H29N7O4. The molecule has 0 spiro atoms. The second kappa shape index (κ2) is 10.9. The number of hydrogen-bond donors (Lipinski definition) is 2. The number of benzene rings is 1. The third-order valence-corrected chi connectivity index (χ3v) is 6.52. The number of non-ortho nitro benzene ring substituents is 1. The van der Waals surface area contributed by atoms with E-state index in [4.69, 9.17) is 9.84 Å². The molecule has 0 bridgehead atoms. The van der Waals surface area contributed by atoms with E-state index in [2.05, 4.69) is 20.2 Å². The molecule has 0 aliphatic carbocycles. The highest BCUT2D eigenvalue weighted by molar-refractivity contribution is 5.97. The molecule has 5 rings (SSSR count). The van der Waals surface area contributed by atoms with Crippen molar-refractivity contribution in [3.8, 4) is 22.4 Å². The van der Waals surface area contributed by atoms with Crippen LogP contribution >= 0.6 is 0 Å². The summed E-state index contributed by atoms with van der Waals surface area (Å²) < 4.78 is 7.20. The number of pyridine rings is 1. The number of nitro benzene ring substituents is 1. The lowest BCUT2D eigenvalue weighted by atomic mass is 10.00. The van der Waals surface area contributed by atoms with E-state index in [1.54, 1.807) is 18.3 Å². The number of nitrogens with one attached hydrogen (secondary N) is 2. The molecule has 11 nitrogen and oxygen atoms in total. The van der Waals surface area contributed by atoms with Gasteiger partial charge in [-0.2, -0.15) is 5.10 Å². The minimum absolute atomic E-state index is 0.0324. The fourth-order valence-electron chi connectivity index (χ4n) is 4.56. The predicted octanol–water partition coefficient (Wildman–Crippen LogP) is 3.01. The van der Waals surface area contributed by atoms with Gasteiger partial charge in [0, 0.05) is 79.5 Å². The topological polar surface area (TPSA) is 131 Å². The van der Waals surface area contributed by atoms with E-state index in [-0.39, 0.29) is 18.0 Å². The van der Waals surface area contributed by atoms with E-state index in [1.807, 2.05) is 29.9 Å². The van der Waals surface area contributed by atoms with Crippen molar-refractivity contribution in [2.45, 2.75) is 19.9 Å². The molecule has 3 aromatic heterocycles. The number of ether oxygens (including phenoxy) is 1. The van der Waals surface area contributed by atoms with Gasteiger partial charge in [-0.15, -0.1) is 0 Å². The van der Waals surface area contributed by atoms with Gasteiger partial charge in [0.15, 0.2) is 0 Å². The highest BCUT2D eigenvalue weighted by atomic mass is 16.6. The van der Waals surface area contributed by atoms with Crippen molar-refractivity contribution in [3.05, 3.63) is 64.6 Å². The molecule has 2 N–H and O–H groups in total. The van der Waals surface area contributed by atoms with E-state index < -0.39 is 4.92 Å². The molecule has 37 heavy (non-hydrogen) atoms. The molecule has 0 saturated carbocycles. The maximum atomic E-state index is 12.6. The zero-order chi connectivity index (χ0) is 25.8. The molecule has 192 valence electrons. The number of morpholine rings is 1. The van der Waals surface area contributed by atoms with Crippen LogP contribution in [0.3, 0.4) is 0 Å². The first kappa shape index (κ1) is 24.6. The summed E-state index contributed by atoms with van der Waals surface area (Å²) in [6.07, 6.45) is 3.92. The summed E-state index contributed by atoms with van der Waals surface area (Å²) in [7, 11) is 0. The van der Waals surface area contributed by atoms with Crippen LogP contribution in [0.25, 0.3) is 33.4 Å². The number of H-pyrrole nitrogens is 1. The van der Waals surface area contributed by atoms with Gasteiger partial charge in [0.1, 0.15) is 11.3 Å². The summed E-state index contributed by atoms with van der Waals surface area (Å²) in [4.78, 5) is 33.3. The second-order valence-electron chi connectivity index (χ2n) is 8.95. The monoisotopic (exact) mass is 503 g/mol. The number of nitro groups is 1. The van der Waals surface area contributed by atoms with Gasteiger partial charge >= 0.3 is 0 Å². The third-order valence-electron chi connectivity index (χ3n) is 6.52. The summed E-state index contributed by atoms with van der Waals surface area (Å²) in [5.74, 6) is -0.0493. The van der Waals surface area contributed by atoms with E-state index >= 15 is 0 Å². The van der Waals surface area contributed by atoms with E-state index in [9.17, 15) is 14.9 Å². The molecule has 1 saturated heterocycles. The number of carbonyl (C=O) groups excluding carboxylic acids is 1. The molecule has 1 aromatic carbocycles. The van der Waals surface area contributed by atoms with Gasteiger partial charge in [-0.05, 0) is 36.8 Å². The summed E-state index contributed by atoms with van der Waals surface area (Å²) in [6.45, 7) is 7.34. The van der Waals surface area contributed by atoms with Gasteiger partial charge < -0.3 is 15.0 Å². The molecular weight excluding hydrogens is 474 g/mol.